The van der Waals surface area contributed by atoms with Gasteiger partial charge in [0.05, 0.1) is 6.42 Å². The zero-order valence-electron chi connectivity index (χ0n) is 7.58. The number of halogens is 3. The molecule has 82 valence electrons. The summed E-state index contributed by atoms with van der Waals surface area (Å²) in [7, 11) is 0. The van der Waals surface area contributed by atoms with Gasteiger partial charge in [-0.25, -0.2) is 4.98 Å². The zero-order chi connectivity index (χ0) is 11.1. The molecule has 0 radical (unpaired) electrons. The van der Waals surface area contributed by atoms with Crippen LogP contribution in [-0.4, -0.2) is 21.5 Å². The average Bonchev–Trinajstić information content (AvgIpc) is 2.45. The molecule has 0 amide bonds. The number of aromatic nitrogens is 1. The highest BCUT2D eigenvalue weighted by molar-refractivity contribution is 8.00. The molecule has 0 saturated carbocycles. The monoisotopic (exact) mass is 235 g/mol. The molecule has 1 aliphatic heterocycles. The van der Waals surface area contributed by atoms with Gasteiger partial charge in [0.1, 0.15) is 10.8 Å². The van der Waals surface area contributed by atoms with Gasteiger partial charge in [0.25, 0.3) is 0 Å². The van der Waals surface area contributed by atoms with Crippen molar-refractivity contribution in [2.75, 3.05) is 0 Å². The fraction of sp³-hybridized carbons (Fsp3) is 0.444. The number of nitrogens with zero attached hydrogens (tertiary/aromatic N) is 1. The molecule has 1 aromatic rings. The number of alkyl halides is 3. The molecular formula is C9H8F3NOS. The summed E-state index contributed by atoms with van der Waals surface area (Å²) in [5.74, 6) is 0.0391. The number of aromatic hydroxyl groups is 1. The van der Waals surface area contributed by atoms with Gasteiger partial charge in [-0.1, -0.05) is 0 Å². The van der Waals surface area contributed by atoms with Crippen LogP contribution in [-0.2, 0) is 6.42 Å². The number of thioether (sulfide) groups is 1. The van der Waals surface area contributed by atoms with Gasteiger partial charge in [-0.2, -0.15) is 13.2 Å². The maximum Gasteiger partial charge on any atom is 0.390 e. The van der Waals surface area contributed by atoms with Crippen LogP contribution in [0.25, 0.3) is 0 Å². The molecule has 0 aliphatic carbocycles. The molecule has 0 bridgehead atoms. The standard InChI is InChI=1S/C9H8F3NOS/c10-9(11,12)4-5-3-6-7(14)1-2-13-8(6)15-5/h1-2,5H,3-4H2,(H,13,14). The van der Waals surface area contributed by atoms with Gasteiger partial charge in [0, 0.05) is 17.0 Å². The van der Waals surface area contributed by atoms with Gasteiger partial charge >= 0.3 is 6.18 Å². The minimum Gasteiger partial charge on any atom is -0.508 e. The third-order valence-corrected chi connectivity index (χ3v) is 3.40. The van der Waals surface area contributed by atoms with E-state index in [9.17, 15) is 18.3 Å². The molecule has 2 rings (SSSR count). The predicted octanol–water partition coefficient (Wildman–Crippen LogP) is 2.76. The predicted molar refractivity (Wildman–Crippen MR) is 49.9 cm³/mol. The van der Waals surface area contributed by atoms with Crippen molar-refractivity contribution >= 4 is 11.8 Å². The Kier molecular flexibility index (Phi) is 2.54. The van der Waals surface area contributed by atoms with E-state index >= 15 is 0 Å². The third-order valence-electron chi connectivity index (χ3n) is 2.16. The quantitative estimate of drug-likeness (QED) is 0.812. The Morgan fingerprint density at radius 3 is 2.87 bits per heavy atom. The first kappa shape index (κ1) is 10.6. The molecule has 2 heterocycles. The first-order valence-electron chi connectivity index (χ1n) is 4.36. The van der Waals surface area contributed by atoms with Gasteiger partial charge in [-0.3, -0.25) is 0 Å². The summed E-state index contributed by atoms with van der Waals surface area (Å²) in [6.45, 7) is 0. The minimum absolute atomic E-state index is 0.0391. The maximum absolute atomic E-state index is 12.1. The highest BCUT2D eigenvalue weighted by Crippen LogP contribution is 2.43. The first-order chi connectivity index (χ1) is 6.96. The first-order valence-corrected chi connectivity index (χ1v) is 5.24. The van der Waals surface area contributed by atoms with Gasteiger partial charge in [0.2, 0.25) is 0 Å². The van der Waals surface area contributed by atoms with E-state index in [1.165, 1.54) is 12.3 Å². The largest absolute Gasteiger partial charge is 0.508 e. The van der Waals surface area contributed by atoms with Crippen molar-refractivity contribution in [3.8, 4) is 5.75 Å². The zero-order valence-corrected chi connectivity index (χ0v) is 8.40. The van der Waals surface area contributed by atoms with Gasteiger partial charge in [-0.05, 0) is 12.5 Å². The Morgan fingerprint density at radius 2 is 2.27 bits per heavy atom. The Hall–Kier alpha value is -0.910. The second kappa shape index (κ2) is 3.59. The Morgan fingerprint density at radius 1 is 1.53 bits per heavy atom. The summed E-state index contributed by atoms with van der Waals surface area (Å²) in [6.07, 6.45) is -3.36. The molecule has 15 heavy (non-hydrogen) atoms. The second-order valence-corrected chi connectivity index (χ2v) is 4.67. The lowest BCUT2D eigenvalue weighted by Gasteiger charge is -2.10. The number of hydrogen-bond acceptors (Lipinski definition) is 3. The fourth-order valence-electron chi connectivity index (χ4n) is 1.56. The van der Waals surface area contributed by atoms with Crippen LogP contribution in [0.1, 0.15) is 12.0 Å². The van der Waals surface area contributed by atoms with Crippen LogP contribution < -0.4 is 0 Å². The molecular weight excluding hydrogens is 227 g/mol. The van der Waals surface area contributed by atoms with E-state index in [0.717, 1.165) is 11.8 Å². The number of fused-ring (bicyclic) bond motifs is 1. The maximum atomic E-state index is 12.1. The summed E-state index contributed by atoms with van der Waals surface area (Å²) in [6, 6.07) is 1.40. The van der Waals surface area contributed by atoms with Crippen molar-refractivity contribution in [2.24, 2.45) is 0 Å². The Bertz CT molecular complexity index is 380. The topological polar surface area (TPSA) is 33.1 Å². The van der Waals surface area contributed by atoms with Crippen molar-refractivity contribution in [3.63, 3.8) is 0 Å². The van der Waals surface area contributed by atoms with Crippen LogP contribution in [0.2, 0.25) is 0 Å². The van der Waals surface area contributed by atoms with Crippen molar-refractivity contribution < 1.29 is 18.3 Å². The van der Waals surface area contributed by atoms with Crippen LogP contribution >= 0.6 is 11.8 Å². The summed E-state index contributed by atoms with van der Waals surface area (Å²) in [5.41, 5.74) is 0.539. The third kappa shape index (κ3) is 2.37. The summed E-state index contributed by atoms with van der Waals surface area (Å²) < 4.78 is 36.4. The molecule has 6 heteroatoms. The molecule has 2 nitrogen and oxygen atoms in total. The SMILES string of the molecule is Oc1ccnc2c1CC(CC(F)(F)F)S2. The lowest BCUT2D eigenvalue weighted by Crippen LogP contribution is -2.16. The van der Waals surface area contributed by atoms with E-state index in [1.54, 1.807) is 0 Å². The van der Waals surface area contributed by atoms with Crippen LogP contribution in [0.5, 0.6) is 5.75 Å². The number of rotatable bonds is 1. The highest BCUT2D eigenvalue weighted by atomic mass is 32.2. The lowest BCUT2D eigenvalue weighted by molar-refractivity contribution is -0.134. The van der Waals surface area contributed by atoms with Crippen LogP contribution in [0, 0.1) is 0 Å². The van der Waals surface area contributed by atoms with Crippen molar-refractivity contribution in [2.45, 2.75) is 29.3 Å². The van der Waals surface area contributed by atoms with Crippen LogP contribution in [0.15, 0.2) is 17.3 Å². The van der Waals surface area contributed by atoms with E-state index in [4.69, 9.17) is 0 Å². The summed E-state index contributed by atoms with van der Waals surface area (Å²) >= 11 is 1.09. The molecule has 0 saturated heterocycles. The van der Waals surface area contributed by atoms with Gasteiger partial charge in [-0.15, -0.1) is 11.8 Å². The lowest BCUT2D eigenvalue weighted by atomic mass is 10.1. The summed E-state index contributed by atoms with van der Waals surface area (Å²) in [4.78, 5) is 3.94. The molecule has 1 N–H and O–H groups in total. The molecule has 0 fully saturated rings. The molecule has 1 aromatic heterocycles. The van der Waals surface area contributed by atoms with E-state index in [0.29, 0.717) is 10.6 Å². The van der Waals surface area contributed by atoms with Crippen LogP contribution in [0.4, 0.5) is 13.2 Å². The molecule has 1 aliphatic rings. The molecule has 0 aromatic carbocycles. The van der Waals surface area contributed by atoms with E-state index in [1.807, 2.05) is 0 Å². The van der Waals surface area contributed by atoms with Crippen molar-refractivity contribution in [3.05, 3.63) is 17.8 Å². The molecule has 1 atom stereocenters. The number of pyridine rings is 1. The molecule has 0 spiro atoms. The summed E-state index contributed by atoms with van der Waals surface area (Å²) in [5, 5.41) is 9.38. The number of hydrogen-bond donors (Lipinski definition) is 1. The normalized spacial score (nSPS) is 20.3. The molecule has 1 unspecified atom stereocenters. The average molecular weight is 235 g/mol. The fourth-order valence-corrected chi connectivity index (χ4v) is 2.85. The van der Waals surface area contributed by atoms with Crippen LogP contribution in [0.3, 0.4) is 0 Å². The van der Waals surface area contributed by atoms with Gasteiger partial charge < -0.3 is 5.11 Å². The Labute approximate surface area is 88.5 Å². The van der Waals surface area contributed by atoms with E-state index in [2.05, 4.69) is 4.98 Å². The van der Waals surface area contributed by atoms with Gasteiger partial charge in [0.15, 0.2) is 0 Å². The Balaban J connectivity index is 2.13. The minimum atomic E-state index is -4.16. The van der Waals surface area contributed by atoms with Crippen molar-refractivity contribution in [1.29, 1.82) is 0 Å². The van der Waals surface area contributed by atoms with E-state index in [-0.39, 0.29) is 12.2 Å². The smallest absolute Gasteiger partial charge is 0.390 e. The van der Waals surface area contributed by atoms with Crippen molar-refractivity contribution in [1.82, 2.24) is 4.98 Å². The highest BCUT2D eigenvalue weighted by Gasteiger charge is 2.36. The van der Waals surface area contributed by atoms with E-state index < -0.39 is 17.8 Å². The second-order valence-electron chi connectivity index (χ2n) is 3.38.